The van der Waals surface area contributed by atoms with Gasteiger partial charge in [0.25, 0.3) is 0 Å². The molecule has 35 heavy (non-hydrogen) atoms. The number of piperazine rings is 1. The highest BCUT2D eigenvalue weighted by Gasteiger charge is 2.51. The summed E-state index contributed by atoms with van der Waals surface area (Å²) in [5.74, 6) is 0.232. The third-order valence-electron chi connectivity index (χ3n) is 8.51. The number of likely N-dealkylation sites (tertiary alicyclic amines) is 2. The molecular formula is C26H35F3N4O2. The molecule has 3 heterocycles. The summed E-state index contributed by atoms with van der Waals surface area (Å²) in [6.45, 7) is 3.34. The smallest absolute Gasteiger partial charge is 0.367 e. The van der Waals surface area contributed by atoms with Gasteiger partial charge in [0.2, 0.25) is 5.91 Å². The Hall–Kier alpha value is -2.45. The highest BCUT2D eigenvalue weighted by atomic mass is 19.4. The molecule has 192 valence electrons. The first-order valence-corrected chi connectivity index (χ1v) is 13.0. The molecule has 6 nitrogen and oxygen atoms in total. The van der Waals surface area contributed by atoms with E-state index in [9.17, 15) is 22.8 Å². The lowest BCUT2D eigenvalue weighted by molar-refractivity contribution is -0.140. The van der Waals surface area contributed by atoms with Gasteiger partial charge in [0.05, 0.1) is 11.0 Å². The number of carbonyl (C=O) groups is 2. The SMILES string of the molecule is O=C(N1CCN(c2ccccc2C(F)(F)F)CC1)N1CCCC2(CCN(C3CCCCC3)C2=O)C1. The Labute approximate surface area is 205 Å². The summed E-state index contributed by atoms with van der Waals surface area (Å²) < 4.78 is 40.3. The topological polar surface area (TPSA) is 47.1 Å². The largest absolute Gasteiger partial charge is 0.418 e. The number of alkyl halides is 3. The van der Waals surface area contributed by atoms with E-state index in [1.165, 1.54) is 31.4 Å². The van der Waals surface area contributed by atoms with Crippen molar-refractivity contribution in [2.45, 2.75) is 63.6 Å². The van der Waals surface area contributed by atoms with Crippen LogP contribution in [0.25, 0.3) is 0 Å². The molecule has 1 aromatic rings. The molecule has 1 aromatic carbocycles. The van der Waals surface area contributed by atoms with E-state index in [2.05, 4.69) is 4.90 Å². The number of rotatable bonds is 2. The molecule has 4 aliphatic rings. The number of piperidine rings is 1. The van der Waals surface area contributed by atoms with Gasteiger partial charge in [0.1, 0.15) is 0 Å². The molecule has 9 heteroatoms. The first-order valence-electron chi connectivity index (χ1n) is 13.0. The van der Waals surface area contributed by atoms with Crippen LogP contribution in [0.1, 0.15) is 56.9 Å². The summed E-state index contributed by atoms with van der Waals surface area (Å²) in [6.07, 6.45) is 3.85. The lowest BCUT2D eigenvalue weighted by Crippen LogP contribution is -2.57. The van der Waals surface area contributed by atoms with Gasteiger partial charge in [0, 0.05) is 57.5 Å². The fourth-order valence-corrected chi connectivity index (χ4v) is 6.59. The van der Waals surface area contributed by atoms with Crippen molar-refractivity contribution in [1.29, 1.82) is 0 Å². The van der Waals surface area contributed by atoms with Crippen LogP contribution in [0.15, 0.2) is 24.3 Å². The number of para-hydroxylation sites is 1. The summed E-state index contributed by atoms with van der Waals surface area (Å²) in [5, 5.41) is 0. The average Bonchev–Trinajstić information content (AvgIpc) is 3.18. The number of carbonyl (C=O) groups excluding carboxylic acids is 2. The lowest BCUT2D eigenvalue weighted by Gasteiger charge is -2.43. The van der Waals surface area contributed by atoms with E-state index in [0.29, 0.717) is 45.3 Å². The number of nitrogens with zero attached hydrogens (tertiary/aromatic N) is 4. The van der Waals surface area contributed by atoms with E-state index in [-0.39, 0.29) is 17.6 Å². The average molecular weight is 493 g/mol. The van der Waals surface area contributed by atoms with Gasteiger partial charge in [-0.1, -0.05) is 31.4 Å². The summed E-state index contributed by atoms with van der Waals surface area (Å²) >= 11 is 0. The quantitative estimate of drug-likeness (QED) is 0.607. The van der Waals surface area contributed by atoms with Crippen molar-refractivity contribution >= 4 is 17.6 Å². The van der Waals surface area contributed by atoms with Crippen LogP contribution >= 0.6 is 0 Å². The van der Waals surface area contributed by atoms with E-state index in [1.807, 2.05) is 4.90 Å². The van der Waals surface area contributed by atoms with Gasteiger partial charge < -0.3 is 19.6 Å². The van der Waals surface area contributed by atoms with E-state index >= 15 is 0 Å². The fraction of sp³-hybridized carbons (Fsp3) is 0.692. The van der Waals surface area contributed by atoms with Crippen molar-refractivity contribution in [2.75, 3.05) is 50.7 Å². The van der Waals surface area contributed by atoms with Crippen molar-refractivity contribution < 1.29 is 22.8 Å². The van der Waals surface area contributed by atoms with Crippen LogP contribution in [0.5, 0.6) is 0 Å². The predicted molar refractivity (Wildman–Crippen MR) is 127 cm³/mol. The van der Waals surface area contributed by atoms with Crippen molar-refractivity contribution in [3.05, 3.63) is 29.8 Å². The Morgan fingerprint density at radius 3 is 2.29 bits per heavy atom. The zero-order chi connectivity index (χ0) is 24.6. The van der Waals surface area contributed by atoms with E-state index in [4.69, 9.17) is 0 Å². The van der Waals surface area contributed by atoms with Crippen molar-refractivity contribution in [3.63, 3.8) is 0 Å². The van der Waals surface area contributed by atoms with Gasteiger partial charge in [-0.15, -0.1) is 0 Å². The summed E-state index contributed by atoms with van der Waals surface area (Å²) in [6, 6.07) is 5.89. The Kier molecular flexibility index (Phi) is 6.61. The van der Waals surface area contributed by atoms with Crippen molar-refractivity contribution in [3.8, 4) is 0 Å². The normalized spacial score (nSPS) is 26.7. The third-order valence-corrected chi connectivity index (χ3v) is 8.51. The van der Waals surface area contributed by atoms with Crippen LogP contribution in [0.4, 0.5) is 23.7 Å². The van der Waals surface area contributed by atoms with Crippen LogP contribution in [-0.4, -0.2) is 78.5 Å². The summed E-state index contributed by atoms with van der Waals surface area (Å²) in [5.41, 5.74) is -0.929. The molecule has 1 atom stereocenters. The molecule has 0 bridgehead atoms. The molecule has 3 saturated heterocycles. The molecule has 5 rings (SSSR count). The Morgan fingerprint density at radius 2 is 1.57 bits per heavy atom. The number of anilines is 1. The van der Waals surface area contributed by atoms with Crippen LogP contribution < -0.4 is 4.90 Å². The first kappa shape index (κ1) is 24.3. The molecule has 0 radical (unpaired) electrons. The maximum Gasteiger partial charge on any atom is 0.418 e. The molecule has 1 spiro atoms. The number of benzene rings is 1. The number of hydrogen-bond donors (Lipinski definition) is 0. The molecule has 0 aromatic heterocycles. The van der Waals surface area contributed by atoms with Gasteiger partial charge in [-0.2, -0.15) is 13.2 Å². The molecule has 3 amide bonds. The zero-order valence-electron chi connectivity index (χ0n) is 20.2. The minimum absolute atomic E-state index is 0.0863. The molecular weight excluding hydrogens is 457 g/mol. The van der Waals surface area contributed by atoms with Gasteiger partial charge >= 0.3 is 12.2 Å². The molecule has 3 aliphatic heterocycles. The van der Waals surface area contributed by atoms with Crippen LogP contribution in [0.3, 0.4) is 0 Å². The van der Waals surface area contributed by atoms with Gasteiger partial charge in [-0.25, -0.2) is 4.79 Å². The number of urea groups is 1. The maximum atomic E-state index is 13.5. The first-order chi connectivity index (χ1) is 16.8. The molecule has 0 N–H and O–H groups in total. The molecule has 1 aliphatic carbocycles. The van der Waals surface area contributed by atoms with Crippen molar-refractivity contribution in [2.24, 2.45) is 5.41 Å². The highest BCUT2D eigenvalue weighted by molar-refractivity contribution is 5.86. The monoisotopic (exact) mass is 492 g/mol. The number of halogens is 3. The molecule has 1 unspecified atom stereocenters. The van der Waals surface area contributed by atoms with Crippen LogP contribution in [-0.2, 0) is 11.0 Å². The minimum Gasteiger partial charge on any atom is -0.367 e. The second-order valence-electron chi connectivity index (χ2n) is 10.6. The number of hydrogen-bond acceptors (Lipinski definition) is 3. The molecule has 4 fully saturated rings. The fourth-order valence-electron chi connectivity index (χ4n) is 6.59. The third kappa shape index (κ3) is 4.70. The summed E-state index contributed by atoms with van der Waals surface area (Å²) in [4.78, 5) is 34.3. The Balaban J connectivity index is 1.21. The van der Waals surface area contributed by atoms with Crippen LogP contribution in [0, 0.1) is 5.41 Å². The van der Waals surface area contributed by atoms with Crippen molar-refractivity contribution in [1.82, 2.24) is 14.7 Å². The Bertz CT molecular complexity index is 941. The van der Waals surface area contributed by atoms with E-state index < -0.39 is 17.2 Å². The Morgan fingerprint density at radius 1 is 0.857 bits per heavy atom. The van der Waals surface area contributed by atoms with E-state index in [0.717, 1.165) is 44.7 Å². The second-order valence-corrected chi connectivity index (χ2v) is 10.6. The summed E-state index contributed by atoms with van der Waals surface area (Å²) in [7, 11) is 0. The second kappa shape index (κ2) is 9.54. The van der Waals surface area contributed by atoms with E-state index in [1.54, 1.807) is 15.9 Å². The standard InChI is InChI=1S/C26H35F3N4O2/c27-26(28,29)21-9-4-5-10-22(21)30-15-17-31(18-16-30)24(35)32-13-6-11-25(19-32)12-14-33(23(25)34)20-7-2-1-3-8-20/h4-5,9-10,20H,1-3,6-8,11-19H2. The van der Waals surface area contributed by atoms with Gasteiger partial charge in [0.15, 0.2) is 0 Å². The van der Waals surface area contributed by atoms with Gasteiger partial charge in [-0.05, 0) is 44.2 Å². The van der Waals surface area contributed by atoms with Gasteiger partial charge in [-0.3, -0.25) is 4.79 Å². The van der Waals surface area contributed by atoms with Crippen LogP contribution in [0.2, 0.25) is 0 Å². The molecule has 1 saturated carbocycles. The zero-order valence-corrected chi connectivity index (χ0v) is 20.2. The number of amides is 3. The maximum absolute atomic E-state index is 13.5. The highest BCUT2D eigenvalue weighted by Crippen LogP contribution is 2.43. The predicted octanol–water partition coefficient (Wildman–Crippen LogP) is 4.59. The minimum atomic E-state index is -4.41. The lowest BCUT2D eigenvalue weighted by atomic mass is 9.78.